The number of carbonyl (C=O) groups is 1. The van der Waals surface area contributed by atoms with E-state index < -0.39 is 0 Å². The van der Waals surface area contributed by atoms with E-state index in [0.29, 0.717) is 23.9 Å². The van der Waals surface area contributed by atoms with Crippen molar-refractivity contribution < 1.29 is 4.79 Å². The molecule has 154 valence electrons. The van der Waals surface area contributed by atoms with Crippen LogP contribution >= 0.6 is 0 Å². The molecule has 1 aliphatic rings. The number of aryl methyl sites for hydroxylation is 3. The summed E-state index contributed by atoms with van der Waals surface area (Å²) in [6.45, 7) is 6.04. The molecule has 0 saturated heterocycles. The highest BCUT2D eigenvalue weighted by molar-refractivity contribution is 5.95. The highest BCUT2D eigenvalue weighted by atomic mass is 16.1. The largest absolute Gasteiger partial charge is 0.310 e. The fraction of sp³-hybridized carbons (Fsp3) is 0.208. The van der Waals surface area contributed by atoms with Gasteiger partial charge in [0, 0.05) is 23.5 Å². The lowest BCUT2D eigenvalue weighted by molar-refractivity contribution is -0.116. The zero-order valence-electron chi connectivity index (χ0n) is 17.6. The van der Waals surface area contributed by atoms with Crippen LogP contribution in [0.5, 0.6) is 0 Å². The van der Waals surface area contributed by atoms with Crippen LogP contribution in [0.4, 0.5) is 5.82 Å². The number of rotatable bonds is 3. The van der Waals surface area contributed by atoms with Gasteiger partial charge in [-0.1, -0.05) is 59.7 Å². The number of benzene rings is 2. The number of hydrogen-bond acceptors (Lipinski definition) is 5. The van der Waals surface area contributed by atoms with Crippen molar-refractivity contribution in [3.8, 4) is 17.2 Å². The SMILES string of the molecule is Cc1ccc(-c2cnnc(-n3nc(C)c4c3NC(=O)CC4c3ccc(C)cc3)n2)cc1. The van der Waals surface area contributed by atoms with Crippen LogP contribution in [0.1, 0.15) is 40.3 Å². The Kier molecular flexibility index (Phi) is 4.58. The fourth-order valence-electron chi connectivity index (χ4n) is 4.02. The molecule has 1 unspecified atom stereocenters. The predicted octanol–water partition coefficient (Wildman–Crippen LogP) is 4.12. The predicted molar refractivity (Wildman–Crippen MR) is 118 cm³/mol. The molecule has 2 aromatic carbocycles. The van der Waals surface area contributed by atoms with Gasteiger partial charge in [-0.3, -0.25) is 4.79 Å². The molecule has 0 bridgehead atoms. The van der Waals surface area contributed by atoms with E-state index in [2.05, 4.69) is 56.8 Å². The van der Waals surface area contributed by atoms with Crippen LogP contribution < -0.4 is 5.32 Å². The van der Waals surface area contributed by atoms with Gasteiger partial charge >= 0.3 is 0 Å². The van der Waals surface area contributed by atoms with Crippen molar-refractivity contribution in [1.82, 2.24) is 25.0 Å². The van der Waals surface area contributed by atoms with Gasteiger partial charge in [0.25, 0.3) is 5.95 Å². The minimum atomic E-state index is -0.0636. The third-order valence-corrected chi connectivity index (χ3v) is 5.67. The Balaban J connectivity index is 1.60. The topological polar surface area (TPSA) is 85.6 Å². The quantitative estimate of drug-likeness (QED) is 0.549. The summed E-state index contributed by atoms with van der Waals surface area (Å²) in [7, 11) is 0. The van der Waals surface area contributed by atoms with Crippen LogP contribution in [-0.4, -0.2) is 30.9 Å². The molecule has 31 heavy (non-hydrogen) atoms. The molecule has 5 rings (SSSR count). The molecule has 4 aromatic rings. The van der Waals surface area contributed by atoms with Crippen LogP contribution in [-0.2, 0) is 4.79 Å². The lowest BCUT2D eigenvalue weighted by Gasteiger charge is -2.24. The van der Waals surface area contributed by atoms with Crippen LogP contribution in [0, 0.1) is 20.8 Å². The molecule has 1 N–H and O–H groups in total. The first-order valence-electron chi connectivity index (χ1n) is 10.2. The van der Waals surface area contributed by atoms with Gasteiger partial charge in [0.2, 0.25) is 5.91 Å². The normalized spacial score (nSPS) is 15.5. The second-order valence-electron chi connectivity index (χ2n) is 7.98. The molecule has 2 aromatic heterocycles. The van der Waals surface area contributed by atoms with Crippen LogP contribution in [0.25, 0.3) is 17.2 Å². The number of fused-ring (bicyclic) bond motifs is 1. The summed E-state index contributed by atoms with van der Waals surface area (Å²) in [6.07, 6.45) is 2.01. The highest BCUT2D eigenvalue weighted by Crippen LogP contribution is 2.39. The fourth-order valence-corrected chi connectivity index (χ4v) is 4.02. The molecule has 1 atom stereocenters. The summed E-state index contributed by atoms with van der Waals surface area (Å²) in [5.41, 5.74) is 6.93. The number of anilines is 1. The molecule has 1 aliphatic heterocycles. The van der Waals surface area contributed by atoms with Gasteiger partial charge in [-0.2, -0.15) is 14.9 Å². The Hall–Kier alpha value is -3.87. The molecule has 7 heteroatoms. The van der Waals surface area contributed by atoms with E-state index in [0.717, 1.165) is 22.4 Å². The minimum Gasteiger partial charge on any atom is -0.310 e. The molecule has 3 heterocycles. The molecule has 0 fully saturated rings. The summed E-state index contributed by atoms with van der Waals surface area (Å²) in [4.78, 5) is 17.3. The molecule has 0 radical (unpaired) electrons. The zero-order chi connectivity index (χ0) is 21.5. The first kappa shape index (κ1) is 19.1. The third-order valence-electron chi connectivity index (χ3n) is 5.67. The summed E-state index contributed by atoms with van der Waals surface area (Å²) in [5, 5.41) is 16.0. The van der Waals surface area contributed by atoms with Gasteiger partial charge < -0.3 is 5.32 Å². The van der Waals surface area contributed by atoms with Crippen LogP contribution in [0.2, 0.25) is 0 Å². The number of nitrogens with one attached hydrogen (secondary N) is 1. The lowest BCUT2D eigenvalue weighted by atomic mass is 9.85. The summed E-state index contributed by atoms with van der Waals surface area (Å²) < 4.78 is 1.59. The number of nitrogens with zero attached hydrogens (tertiary/aromatic N) is 5. The second kappa shape index (κ2) is 7.43. The molecular formula is C24H22N6O. The van der Waals surface area contributed by atoms with Crippen molar-refractivity contribution in [1.29, 1.82) is 0 Å². The molecule has 0 saturated carbocycles. The first-order valence-corrected chi connectivity index (χ1v) is 10.2. The summed E-state index contributed by atoms with van der Waals surface area (Å²) in [6, 6.07) is 16.4. The van der Waals surface area contributed by atoms with Crippen molar-refractivity contribution in [3.63, 3.8) is 0 Å². The van der Waals surface area contributed by atoms with Crippen molar-refractivity contribution in [2.45, 2.75) is 33.1 Å². The third kappa shape index (κ3) is 3.48. The molecule has 1 amide bonds. The van der Waals surface area contributed by atoms with Gasteiger partial charge in [0.05, 0.1) is 17.6 Å². The molecule has 0 spiro atoms. The molecule has 7 nitrogen and oxygen atoms in total. The maximum absolute atomic E-state index is 12.6. The molecule has 0 aliphatic carbocycles. The highest BCUT2D eigenvalue weighted by Gasteiger charge is 2.33. The van der Waals surface area contributed by atoms with E-state index in [4.69, 9.17) is 0 Å². The van der Waals surface area contributed by atoms with Crippen molar-refractivity contribution in [2.24, 2.45) is 0 Å². The maximum Gasteiger partial charge on any atom is 0.272 e. The molecular weight excluding hydrogens is 388 g/mol. The van der Waals surface area contributed by atoms with E-state index in [9.17, 15) is 4.79 Å². The zero-order valence-corrected chi connectivity index (χ0v) is 17.6. The average Bonchev–Trinajstić information content (AvgIpc) is 3.10. The Bertz CT molecular complexity index is 1270. The number of carbonyl (C=O) groups excluding carboxylic acids is 1. The lowest BCUT2D eigenvalue weighted by Crippen LogP contribution is -2.25. The minimum absolute atomic E-state index is 0.0538. The van der Waals surface area contributed by atoms with E-state index >= 15 is 0 Å². The van der Waals surface area contributed by atoms with Crippen LogP contribution in [0.3, 0.4) is 0 Å². The Morgan fingerprint density at radius 2 is 1.65 bits per heavy atom. The second-order valence-corrected chi connectivity index (χ2v) is 7.98. The first-order chi connectivity index (χ1) is 15.0. The average molecular weight is 410 g/mol. The Morgan fingerprint density at radius 3 is 2.35 bits per heavy atom. The monoisotopic (exact) mass is 410 g/mol. The van der Waals surface area contributed by atoms with E-state index in [-0.39, 0.29) is 11.8 Å². The van der Waals surface area contributed by atoms with Crippen molar-refractivity contribution in [3.05, 3.63) is 82.7 Å². The smallest absolute Gasteiger partial charge is 0.272 e. The van der Waals surface area contributed by atoms with Gasteiger partial charge in [0.1, 0.15) is 5.82 Å². The standard InChI is InChI=1S/C24H22N6O/c1-14-4-8-17(9-5-14)19-12-21(31)27-23-22(19)16(3)29-30(23)24-26-20(13-25-28-24)18-10-6-15(2)7-11-18/h4-11,13,19H,12H2,1-3H3,(H,27,31). The van der Waals surface area contributed by atoms with Gasteiger partial charge in [-0.15, -0.1) is 5.10 Å². The Morgan fingerprint density at radius 1 is 0.968 bits per heavy atom. The Labute approximate surface area is 180 Å². The van der Waals surface area contributed by atoms with E-state index in [1.54, 1.807) is 10.9 Å². The summed E-state index contributed by atoms with van der Waals surface area (Å²) >= 11 is 0. The van der Waals surface area contributed by atoms with Crippen molar-refractivity contribution >= 4 is 11.7 Å². The maximum atomic E-state index is 12.6. The van der Waals surface area contributed by atoms with E-state index in [1.807, 2.05) is 38.1 Å². The van der Waals surface area contributed by atoms with Gasteiger partial charge in [-0.05, 0) is 26.3 Å². The number of amides is 1. The van der Waals surface area contributed by atoms with E-state index in [1.165, 1.54) is 11.1 Å². The van der Waals surface area contributed by atoms with Gasteiger partial charge in [-0.25, -0.2) is 4.98 Å². The van der Waals surface area contributed by atoms with Crippen LogP contribution in [0.15, 0.2) is 54.7 Å². The summed E-state index contributed by atoms with van der Waals surface area (Å²) in [5.74, 6) is 0.822. The number of aromatic nitrogens is 5. The van der Waals surface area contributed by atoms with Crippen molar-refractivity contribution in [2.75, 3.05) is 5.32 Å². The van der Waals surface area contributed by atoms with Gasteiger partial charge in [0.15, 0.2) is 0 Å². The number of hydrogen-bond donors (Lipinski definition) is 1.